The largest absolute Gasteiger partial charge is 0.497 e. The molecule has 0 N–H and O–H groups in total. The van der Waals surface area contributed by atoms with Crippen molar-refractivity contribution in [2.24, 2.45) is 4.99 Å². The quantitative estimate of drug-likeness (QED) is 0.271. The van der Waals surface area contributed by atoms with Gasteiger partial charge < -0.3 is 9.15 Å². The Hall–Kier alpha value is -4.17. The molecule has 35 heavy (non-hydrogen) atoms. The van der Waals surface area contributed by atoms with Crippen LogP contribution in [0.1, 0.15) is 11.1 Å². The zero-order valence-corrected chi connectivity index (χ0v) is 19.4. The van der Waals surface area contributed by atoms with Gasteiger partial charge in [-0.25, -0.2) is 14.2 Å². The Balaban J connectivity index is 1.51. The molecule has 3 aromatic carbocycles. The van der Waals surface area contributed by atoms with E-state index >= 15 is 0 Å². The first-order valence-corrected chi connectivity index (χ1v) is 11.7. The van der Waals surface area contributed by atoms with E-state index in [1.54, 1.807) is 25.3 Å². The van der Waals surface area contributed by atoms with Gasteiger partial charge in [-0.1, -0.05) is 42.1 Å². The van der Waals surface area contributed by atoms with Crippen molar-refractivity contribution in [1.29, 1.82) is 0 Å². The van der Waals surface area contributed by atoms with Gasteiger partial charge in [-0.05, 0) is 53.6 Å². The summed E-state index contributed by atoms with van der Waals surface area (Å²) in [4.78, 5) is 31.5. The summed E-state index contributed by atoms with van der Waals surface area (Å²) in [5.74, 6) is 0.223. The predicted molar refractivity (Wildman–Crippen MR) is 136 cm³/mol. The van der Waals surface area contributed by atoms with Crippen LogP contribution in [0.3, 0.4) is 0 Å². The number of hydrogen-bond donors (Lipinski definition) is 0. The van der Waals surface area contributed by atoms with Crippen LogP contribution < -0.4 is 15.3 Å². The number of aliphatic imine (C=N–C) groups is 1. The molecule has 8 heteroatoms. The zero-order chi connectivity index (χ0) is 24.4. The summed E-state index contributed by atoms with van der Waals surface area (Å²) in [6, 6.07) is 21.8. The molecular weight excluding hydrogens is 467 g/mol. The summed E-state index contributed by atoms with van der Waals surface area (Å²) >= 11 is 1.30. The molecule has 0 atom stereocenters. The molecule has 0 aliphatic carbocycles. The number of nitrogens with zero attached hydrogens (tertiary/aromatic N) is 2. The number of carbonyl (C=O) groups excluding carboxylic acids is 1. The summed E-state index contributed by atoms with van der Waals surface area (Å²) < 4.78 is 24.1. The van der Waals surface area contributed by atoms with Gasteiger partial charge in [-0.2, -0.15) is 0 Å². The van der Waals surface area contributed by atoms with Crippen molar-refractivity contribution in [2.45, 2.75) is 5.75 Å². The van der Waals surface area contributed by atoms with E-state index in [1.807, 2.05) is 36.4 Å². The maximum atomic E-state index is 13.5. The lowest BCUT2D eigenvalue weighted by molar-refractivity contribution is -0.113. The second-order valence-electron chi connectivity index (χ2n) is 7.69. The molecule has 0 unspecified atom stereocenters. The van der Waals surface area contributed by atoms with E-state index in [0.717, 1.165) is 16.5 Å². The lowest BCUT2D eigenvalue weighted by Gasteiger charge is -2.18. The average molecular weight is 487 g/mol. The van der Waals surface area contributed by atoms with Crippen LogP contribution in [0.15, 0.2) is 98.8 Å². The number of rotatable bonds is 5. The first kappa shape index (κ1) is 22.6. The molecule has 0 spiro atoms. The molecule has 0 fully saturated rings. The second-order valence-corrected chi connectivity index (χ2v) is 8.64. The molecule has 174 valence electrons. The zero-order valence-electron chi connectivity index (χ0n) is 18.6. The number of ether oxygens (including phenoxy) is 1. The van der Waals surface area contributed by atoms with E-state index < -0.39 is 11.4 Å². The van der Waals surface area contributed by atoms with E-state index in [0.29, 0.717) is 27.9 Å². The highest BCUT2D eigenvalue weighted by Gasteiger charge is 2.32. The lowest BCUT2D eigenvalue weighted by atomic mass is 10.1. The van der Waals surface area contributed by atoms with Crippen LogP contribution in [0.4, 0.5) is 10.1 Å². The van der Waals surface area contributed by atoms with Gasteiger partial charge in [0, 0.05) is 23.3 Å². The number of halogens is 1. The molecule has 2 heterocycles. The SMILES string of the molecule is COc1ccc2c(CSC3=NC(=Cc4ccccc4)C(=O)N3c3ccc(F)cc3)cc(=O)oc2c1. The number of fused-ring (bicyclic) bond motifs is 1. The minimum atomic E-state index is -0.481. The minimum Gasteiger partial charge on any atom is -0.497 e. The van der Waals surface area contributed by atoms with Crippen molar-refractivity contribution in [2.75, 3.05) is 12.0 Å². The van der Waals surface area contributed by atoms with E-state index in [-0.39, 0.29) is 11.6 Å². The molecule has 1 amide bonds. The van der Waals surface area contributed by atoms with Crippen LogP contribution in [0.5, 0.6) is 5.75 Å². The summed E-state index contributed by atoms with van der Waals surface area (Å²) in [6.45, 7) is 0. The average Bonchev–Trinajstić information content (AvgIpc) is 3.17. The topological polar surface area (TPSA) is 72.1 Å². The fraction of sp³-hybridized carbons (Fsp3) is 0.0741. The van der Waals surface area contributed by atoms with E-state index in [9.17, 15) is 14.0 Å². The van der Waals surface area contributed by atoms with Crippen molar-refractivity contribution >= 4 is 45.6 Å². The fourth-order valence-corrected chi connectivity index (χ4v) is 4.72. The monoisotopic (exact) mass is 486 g/mol. The highest BCUT2D eigenvalue weighted by Crippen LogP contribution is 2.32. The van der Waals surface area contributed by atoms with Crippen molar-refractivity contribution in [3.05, 3.63) is 112 Å². The number of methoxy groups -OCH3 is 1. The Morgan fingerprint density at radius 3 is 2.54 bits per heavy atom. The minimum absolute atomic E-state index is 0.269. The van der Waals surface area contributed by atoms with Crippen LogP contribution in [-0.4, -0.2) is 18.2 Å². The van der Waals surface area contributed by atoms with Gasteiger partial charge in [0.2, 0.25) is 0 Å². The Morgan fingerprint density at radius 2 is 1.80 bits per heavy atom. The predicted octanol–water partition coefficient (Wildman–Crippen LogP) is 5.62. The molecule has 0 radical (unpaired) electrons. The van der Waals surface area contributed by atoms with Crippen molar-refractivity contribution in [1.82, 2.24) is 0 Å². The van der Waals surface area contributed by atoms with Gasteiger partial charge in [0.15, 0.2) is 5.17 Å². The Bertz CT molecular complexity index is 1530. The summed E-state index contributed by atoms with van der Waals surface area (Å²) in [5.41, 5.74) is 2.28. The van der Waals surface area contributed by atoms with Crippen LogP contribution in [-0.2, 0) is 10.5 Å². The summed E-state index contributed by atoms with van der Waals surface area (Å²) in [6.07, 6.45) is 1.71. The molecule has 0 saturated heterocycles. The molecule has 0 bridgehead atoms. The van der Waals surface area contributed by atoms with Gasteiger partial charge in [-0.15, -0.1) is 0 Å². The van der Waals surface area contributed by atoms with Crippen molar-refractivity contribution < 1.29 is 18.3 Å². The molecule has 1 aromatic heterocycles. The summed E-state index contributed by atoms with van der Waals surface area (Å²) in [5, 5.41) is 1.19. The molecule has 6 nitrogen and oxygen atoms in total. The maximum Gasteiger partial charge on any atom is 0.336 e. The van der Waals surface area contributed by atoms with Gasteiger partial charge in [0.05, 0.1) is 12.8 Å². The van der Waals surface area contributed by atoms with Crippen LogP contribution in [0.25, 0.3) is 17.0 Å². The standard InChI is InChI=1S/C27H19FN2O4S/c1-33-21-11-12-22-18(14-25(31)34-24(22)15-21)16-35-27-29-23(13-17-5-3-2-4-6-17)26(32)30(27)20-9-7-19(28)8-10-20/h2-15H,16H2,1H3. The first-order valence-electron chi connectivity index (χ1n) is 10.7. The molecule has 1 aliphatic heterocycles. The number of amides is 1. The van der Waals surface area contributed by atoms with Crippen molar-refractivity contribution in [3.63, 3.8) is 0 Å². The van der Waals surface area contributed by atoms with Gasteiger partial charge in [0.1, 0.15) is 22.8 Å². The molecule has 4 aromatic rings. The molecule has 5 rings (SSSR count). The third kappa shape index (κ3) is 4.74. The number of hydrogen-bond acceptors (Lipinski definition) is 6. The number of thioether (sulfide) groups is 1. The van der Waals surface area contributed by atoms with Crippen molar-refractivity contribution in [3.8, 4) is 5.75 Å². The lowest BCUT2D eigenvalue weighted by Crippen LogP contribution is -2.30. The third-order valence-electron chi connectivity index (χ3n) is 5.41. The third-order valence-corrected chi connectivity index (χ3v) is 6.40. The van der Waals surface area contributed by atoms with Crippen LogP contribution in [0.2, 0.25) is 0 Å². The van der Waals surface area contributed by atoms with Gasteiger partial charge >= 0.3 is 5.63 Å². The molecular formula is C27H19FN2O4S. The maximum absolute atomic E-state index is 13.5. The number of amidine groups is 1. The Labute approximate surface area is 204 Å². The van der Waals surface area contributed by atoms with E-state index in [1.165, 1.54) is 47.0 Å². The normalized spacial score (nSPS) is 14.6. The van der Waals surface area contributed by atoms with Crippen LogP contribution in [0, 0.1) is 5.82 Å². The Morgan fingerprint density at radius 1 is 1.03 bits per heavy atom. The first-order chi connectivity index (χ1) is 17.0. The number of carbonyl (C=O) groups is 1. The van der Waals surface area contributed by atoms with Crippen LogP contribution >= 0.6 is 11.8 Å². The highest BCUT2D eigenvalue weighted by molar-refractivity contribution is 8.13. The fourth-order valence-electron chi connectivity index (χ4n) is 3.72. The van der Waals surface area contributed by atoms with Gasteiger partial charge in [-0.3, -0.25) is 9.69 Å². The van der Waals surface area contributed by atoms with E-state index in [4.69, 9.17) is 9.15 Å². The van der Waals surface area contributed by atoms with E-state index in [2.05, 4.69) is 4.99 Å². The van der Waals surface area contributed by atoms with Gasteiger partial charge in [0.25, 0.3) is 5.91 Å². The molecule has 1 aliphatic rings. The summed E-state index contributed by atoms with van der Waals surface area (Å²) in [7, 11) is 1.54. The smallest absolute Gasteiger partial charge is 0.336 e. The Kier molecular flexibility index (Phi) is 6.20. The second kappa shape index (κ2) is 9.60. The number of anilines is 1. The number of benzene rings is 3. The highest BCUT2D eigenvalue weighted by atomic mass is 32.2. The molecule has 0 saturated carbocycles.